The molecule has 14 heavy (non-hydrogen) atoms. The maximum Gasteiger partial charge on any atom is 0.335 e. The SMILES string of the molecule is NCCNc1cc(C(=O)O)ccc1F. The Morgan fingerprint density at radius 2 is 2.29 bits per heavy atom. The van der Waals surface area contributed by atoms with Crippen LogP contribution in [0, 0.1) is 5.82 Å². The van der Waals surface area contributed by atoms with Crippen molar-refractivity contribution in [2.75, 3.05) is 18.4 Å². The van der Waals surface area contributed by atoms with E-state index < -0.39 is 11.8 Å². The smallest absolute Gasteiger partial charge is 0.335 e. The van der Waals surface area contributed by atoms with Gasteiger partial charge in [0, 0.05) is 13.1 Å². The predicted molar refractivity (Wildman–Crippen MR) is 50.9 cm³/mol. The summed E-state index contributed by atoms with van der Waals surface area (Å²) < 4.78 is 13.1. The summed E-state index contributed by atoms with van der Waals surface area (Å²) in [5.41, 5.74) is 5.43. The summed E-state index contributed by atoms with van der Waals surface area (Å²) in [7, 11) is 0. The van der Waals surface area contributed by atoms with E-state index in [0.717, 1.165) is 6.07 Å². The first-order valence-electron chi connectivity index (χ1n) is 4.12. The van der Waals surface area contributed by atoms with E-state index in [1.165, 1.54) is 12.1 Å². The first-order valence-corrected chi connectivity index (χ1v) is 4.12. The molecule has 0 aromatic heterocycles. The third kappa shape index (κ3) is 2.43. The fourth-order valence-corrected chi connectivity index (χ4v) is 1.00. The van der Waals surface area contributed by atoms with Gasteiger partial charge in [-0.1, -0.05) is 0 Å². The Balaban J connectivity index is 2.90. The van der Waals surface area contributed by atoms with Gasteiger partial charge in [0.2, 0.25) is 0 Å². The van der Waals surface area contributed by atoms with Crippen molar-refractivity contribution in [2.24, 2.45) is 5.73 Å². The van der Waals surface area contributed by atoms with Crippen LogP contribution in [0.15, 0.2) is 18.2 Å². The van der Waals surface area contributed by atoms with E-state index in [1.807, 2.05) is 0 Å². The van der Waals surface area contributed by atoms with Gasteiger partial charge in [0.25, 0.3) is 0 Å². The molecule has 1 aromatic rings. The quantitative estimate of drug-likeness (QED) is 0.671. The topological polar surface area (TPSA) is 75.3 Å². The molecule has 0 atom stereocenters. The number of benzene rings is 1. The minimum Gasteiger partial charge on any atom is -0.478 e. The lowest BCUT2D eigenvalue weighted by molar-refractivity contribution is 0.0697. The van der Waals surface area contributed by atoms with Gasteiger partial charge < -0.3 is 16.2 Å². The third-order valence-electron chi connectivity index (χ3n) is 1.67. The van der Waals surface area contributed by atoms with Gasteiger partial charge in [0.05, 0.1) is 11.3 Å². The molecule has 0 aliphatic heterocycles. The second-order valence-corrected chi connectivity index (χ2v) is 2.72. The van der Waals surface area contributed by atoms with Gasteiger partial charge >= 0.3 is 5.97 Å². The highest BCUT2D eigenvalue weighted by Crippen LogP contribution is 2.15. The molecule has 0 unspecified atom stereocenters. The minimum atomic E-state index is -1.08. The highest BCUT2D eigenvalue weighted by Gasteiger charge is 2.07. The molecule has 0 saturated carbocycles. The summed E-state index contributed by atoms with van der Waals surface area (Å²) >= 11 is 0. The molecule has 0 radical (unpaired) electrons. The van der Waals surface area contributed by atoms with E-state index in [2.05, 4.69) is 5.32 Å². The summed E-state index contributed by atoms with van der Waals surface area (Å²) in [6, 6.07) is 3.57. The number of halogens is 1. The van der Waals surface area contributed by atoms with Crippen LogP contribution in [0.3, 0.4) is 0 Å². The van der Waals surface area contributed by atoms with Crippen LogP contribution in [0.5, 0.6) is 0 Å². The maximum absolute atomic E-state index is 13.1. The fraction of sp³-hybridized carbons (Fsp3) is 0.222. The average Bonchev–Trinajstić information content (AvgIpc) is 2.16. The molecule has 0 saturated heterocycles. The Morgan fingerprint density at radius 1 is 1.57 bits per heavy atom. The summed E-state index contributed by atoms with van der Waals surface area (Å²) in [5, 5.41) is 11.3. The van der Waals surface area contributed by atoms with Crippen LogP contribution >= 0.6 is 0 Å². The lowest BCUT2D eigenvalue weighted by Gasteiger charge is -2.06. The molecular weight excluding hydrogens is 187 g/mol. The minimum absolute atomic E-state index is 0.0471. The molecule has 0 amide bonds. The molecule has 0 heterocycles. The Labute approximate surface area is 80.5 Å². The van der Waals surface area contributed by atoms with Crippen LogP contribution in [0.4, 0.5) is 10.1 Å². The average molecular weight is 198 g/mol. The second kappa shape index (κ2) is 4.57. The highest BCUT2D eigenvalue weighted by atomic mass is 19.1. The largest absolute Gasteiger partial charge is 0.478 e. The first kappa shape index (κ1) is 10.5. The molecule has 5 heteroatoms. The second-order valence-electron chi connectivity index (χ2n) is 2.72. The van der Waals surface area contributed by atoms with E-state index in [1.54, 1.807) is 0 Å². The Hall–Kier alpha value is -1.62. The van der Waals surface area contributed by atoms with Gasteiger partial charge in [0.15, 0.2) is 0 Å². The van der Waals surface area contributed by atoms with Crippen molar-refractivity contribution in [3.63, 3.8) is 0 Å². The van der Waals surface area contributed by atoms with Crippen LogP contribution in [-0.4, -0.2) is 24.2 Å². The van der Waals surface area contributed by atoms with Gasteiger partial charge in [-0.05, 0) is 18.2 Å². The van der Waals surface area contributed by atoms with Crippen molar-refractivity contribution >= 4 is 11.7 Å². The Bertz CT molecular complexity index is 342. The van der Waals surface area contributed by atoms with Crippen LogP contribution in [0.25, 0.3) is 0 Å². The third-order valence-corrected chi connectivity index (χ3v) is 1.67. The molecule has 0 bridgehead atoms. The zero-order valence-corrected chi connectivity index (χ0v) is 7.46. The van der Waals surface area contributed by atoms with Crippen molar-refractivity contribution in [3.05, 3.63) is 29.6 Å². The Kier molecular flexibility index (Phi) is 3.41. The van der Waals surface area contributed by atoms with E-state index in [9.17, 15) is 9.18 Å². The van der Waals surface area contributed by atoms with Crippen LogP contribution in [-0.2, 0) is 0 Å². The highest BCUT2D eigenvalue weighted by molar-refractivity contribution is 5.88. The number of hydrogen-bond acceptors (Lipinski definition) is 3. The molecule has 0 aliphatic carbocycles. The van der Waals surface area contributed by atoms with Crippen LogP contribution in [0.2, 0.25) is 0 Å². The first-order chi connectivity index (χ1) is 6.65. The van der Waals surface area contributed by atoms with Crippen molar-refractivity contribution in [1.82, 2.24) is 0 Å². The summed E-state index contributed by atoms with van der Waals surface area (Å²) in [6.45, 7) is 0.761. The number of hydrogen-bond donors (Lipinski definition) is 3. The van der Waals surface area contributed by atoms with Gasteiger partial charge in [-0.15, -0.1) is 0 Å². The molecule has 0 spiro atoms. The predicted octanol–water partition coefficient (Wildman–Crippen LogP) is 0.894. The van der Waals surface area contributed by atoms with Gasteiger partial charge in [-0.25, -0.2) is 9.18 Å². The van der Waals surface area contributed by atoms with E-state index >= 15 is 0 Å². The number of rotatable bonds is 4. The fourth-order valence-electron chi connectivity index (χ4n) is 1.00. The van der Waals surface area contributed by atoms with E-state index in [4.69, 9.17) is 10.8 Å². The molecule has 76 valence electrons. The van der Waals surface area contributed by atoms with Crippen molar-refractivity contribution < 1.29 is 14.3 Å². The van der Waals surface area contributed by atoms with Crippen molar-refractivity contribution in [1.29, 1.82) is 0 Å². The number of nitrogens with two attached hydrogens (primary N) is 1. The molecule has 1 aromatic carbocycles. The number of nitrogens with one attached hydrogen (secondary N) is 1. The molecule has 4 N–H and O–H groups in total. The number of carboxylic acids is 1. The summed E-state index contributed by atoms with van der Waals surface area (Å²) in [6.07, 6.45) is 0. The standard InChI is InChI=1S/C9H11FN2O2/c10-7-2-1-6(9(13)14)5-8(7)12-4-3-11/h1-2,5,12H,3-4,11H2,(H,13,14). The summed E-state index contributed by atoms with van der Waals surface area (Å²) in [4.78, 5) is 10.6. The molecule has 0 aliphatic rings. The van der Waals surface area contributed by atoms with Crippen LogP contribution in [0.1, 0.15) is 10.4 Å². The van der Waals surface area contributed by atoms with Gasteiger partial charge in [0.1, 0.15) is 5.82 Å². The van der Waals surface area contributed by atoms with Crippen molar-refractivity contribution in [2.45, 2.75) is 0 Å². The summed E-state index contributed by atoms with van der Waals surface area (Å²) in [5.74, 6) is -1.57. The lowest BCUT2D eigenvalue weighted by atomic mass is 10.2. The number of anilines is 1. The maximum atomic E-state index is 13.1. The van der Waals surface area contributed by atoms with Gasteiger partial charge in [-0.3, -0.25) is 0 Å². The number of carboxylic acid groups (broad SMARTS) is 1. The molecule has 1 rings (SSSR count). The van der Waals surface area contributed by atoms with E-state index in [-0.39, 0.29) is 11.3 Å². The zero-order chi connectivity index (χ0) is 10.6. The monoisotopic (exact) mass is 198 g/mol. The van der Waals surface area contributed by atoms with E-state index in [0.29, 0.717) is 13.1 Å². The normalized spacial score (nSPS) is 9.86. The van der Waals surface area contributed by atoms with Crippen molar-refractivity contribution in [3.8, 4) is 0 Å². The van der Waals surface area contributed by atoms with Crippen LogP contribution < -0.4 is 11.1 Å². The Morgan fingerprint density at radius 3 is 2.86 bits per heavy atom. The number of aromatic carboxylic acids is 1. The van der Waals surface area contributed by atoms with Gasteiger partial charge in [-0.2, -0.15) is 0 Å². The number of carbonyl (C=O) groups is 1. The molecule has 0 fully saturated rings. The zero-order valence-electron chi connectivity index (χ0n) is 7.46. The lowest BCUT2D eigenvalue weighted by Crippen LogP contribution is -2.14. The molecular formula is C9H11FN2O2. The molecule has 4 nitrogen and oxygen atoms in total.